The quantitative estimate of drug-likeness (QED) is 0.796. The van der Waals surface area contributed by atoms with Crippen molar-refractivity contribution >= 4 is 5.91 Å². The summed E-state index contributed by atoms with van der Waals surface area (Å²) >= 11 is 0. The van der Waals surface area contributed by atoms with Crippen LogP contribution >= 0.6 is 0 Å². The van der Waals surface area contributed by atoms with E-state index in [2.05, 4.69) is 52.5 Å². The lowest BCUT2D eigenvalue weighted by atomic mass is 9.85. The third-order valence-electron chi connectivity index (χ3n) is 7.39. The van der Waals surface area contributed by atoms with Gasteiger partial charge in [-0.1, -0.05) is 30.3 Å². The summed E-state index contributed by atoms with van der Waals surface area (Å²) < 4.78 is 0. The van der Waals surface area contributed by atoms with Gasteiger partial charge in [0.05, 0.1) is 11.3 Å². The van der Waals surface area contributed by atoms with E-state index in [1.54, 1.807) is 6.20 Å². The Hall–Kier alpha value is -2.24. The lowest BCUT2D eigenvalue weighted by molar-refractivity contribution is 0.0153. The summed E-state index contributed by atoms with van der Waals surface area (Å²) in [5.74, 6) is 0.147. The molecule has 1 N–H and O–H groups in total. The molecule has 0 spiro atoms. The van der Waals surface area contributed by atoms with E-state index in [0.717, 1.165) is 62.4 Å². The lowest BCUT2D eigenvalue weighted by Gasteiger charge is -2.49. The number of hydrogen-bond donors (Lipinski definition) is 1. The predicted molar refractivity (Wildman–Crippen MR) is 125 cm³/mol. The van der Waals surface area contributed by atoms with Crippen molar-refractivity contribution in [1.82, 2.24) is 20.1 Å². The van der Waals surface area contributed by atoms with E-state index in [1.807, 2.05) is 24.8 Å². The van der Waals surface area contributed by atoms with Crippen molar-refractivity contribution in [3.63, 3.8) is 0 Å². The van der Waals surface area contributed by atoms with Crippen LogP contribution in [-0.4, -0.2) is 58.5 Å². The Bertz CT molecular complexity index is 861. The molecule has 31 heavy (non-hydrogen) atoms. The molecule has 2 aliphatic heterocycles. The SMILES string of the molecule is Cc1ccnc(C)c1C(=O)N1CCC(C)(N2CCC(NCc3ccccc3)CC2)CC1. The van der Waals surface area contributed by atoms with Gasteiger partial charge in [0.25, 0.3) is 5.91 Å². The average Bonchev–Trinajstić information content (AvgIpc) is 2.79. The summed E-state index contributed by atoms with van der Waals surface area (Å²) in [4.78, 5) is 22.2. The standard InChI is InChI=1S/C26H36N4O/c1-20-9-14-27-21(2)24(20)25(31)29-17-12-26(3,13-18-29)30-15-10-23(11-16-30)28-19-22-7-5-4-6-8-22/h4-9,14,23,28H,10-13,15-19H2,1-3H3. The van der Waals surface area contributed by atoms with Crippen LogP contribution in [0.15, 0.2) is 42.6 Å². The van der Waals surface area contributed by atoms with Gasteiger partial charge in [0.2, 0.25) is 0 Å². The molecule has 166 valence electrons. The molecule has 3 heterocycles. The number of carbonyl (C=O) groups excluding carboxylic acids is 1. The first-order valence-corrected chi connectivity index (χ1v) is 11.7. The molecule has 2 aromatic rings. The van der Waals surface area contributed by atoms with Gasteiger partial charge in [0.1, 0.15) is 0 Å². The van der Waals surface area contributed by atoms with E-state index < -0.39 is 0 Å². The number of nitrogens with zero attached hydrogens (tertiary/aromatic N) is 3. The highest BCUT2D eigenvalue weighted by atomic mass is 16.2. The van der Waals surface area contributed by atoms with E-state index in [0.29, 0.717) is 6.04 Å². The summed E-state index contributed by atoms with van der Waals surface area (Å²) in [6.45, 7) is 11.2. The molecule has 0 radical (unpaired) electrons. The third-order valence-corrected chi connectivity index (χ3v) is 7.39. The van der Waals surface area contributed by atoms with E-state index in [9.17, 15) is 4.79 Å². The van der Waals surface area contributed by atoms with Crippen LogP contribution in [-0.2, 0) is 6.54 Å². The maximum Gasteiger partial charge on any atom is 0.255 e. The minimum absolute atomic E-state index is 0.147. The Labute approximate surface area is 186 Å². The highest BCUT2D eigenvalue weighted by Gasteiger charge is 2.38. The molecule has 0 saturated carbocycles. The number of benzene rings is 1. The molecule has 0 bridgehead atoms. The fourth-order valence-corrected chi connectivity index (χ4v) is 5.16. The number of piperidine rings is 2. The fraction of sp³-hybridized carbons (Fsp3) is 0.538. The van der Waals surface area contributed by atoms with Gasteiger partial charge in [-0.2, -0.15) is 0 Å². The normalized spacial score (nSPS) is 20.0. The molecule has 5 heteroatoms. The predicted octanol–water partition coefficient (Wildman–Crippen LogP) is 3.95. The number of amides is 1. The van der Waals surface area contributed by atoms with Crippen molar-refractivity contribution in [3.05, 3.63) is 65.0 Å². The number of pyridine rings is 1. The zero-order valence-electron chi connectivity index (χ0n) is 19.2. The number of carbonyl (C=O) groups is 1. The van der Waals surface area contributed by atoms with Crippen molar-refractivity contribution in [2.45, 2.75) is 64.6 Å². The first-order chi connectivity index (χ1) is 15.0. The third kappa shape index (κ3) is 4.99. The van der Waals surface area contributed by atoms with E-state index in [4.69, 9.17) is 0 Å². The van der Waals surface area contributed by atoms with Crippen LogP contribution in [0.25, 0.3) is 0 Å². The number of nitrogens with one attached hydrogen (secondary N) is 1. The molecule has 2 aliphatic rings. The summed E-state index contributed by atoms with van der Waals surface area (Å²) in [5.41, 5.74) is 4.20. The first kappa shape index (κ1) is 22.0. The Morgan fingerprint density at radius 1 is 1.06 bits per heavy atom. The van der Waals surface area contributed by atoms with Crippen molar-refractivity contribution in [1.29, 1.82) is 0 Å². The highest BCUT2D eigenvalue weighted by Crippen LogP contribution is 2.32. The number of aromatic nitrogens is 1. The van der Waals surface area contributed by atoms with Crippen molar-refractivity contribution < 1.29 is 4.79 Å². The highest BCUT2D eigenvalue weighted by molar-refractivity contribution is 5.96. The number of likely N-dealkylation sites (tertiary alicyclic amines) is 2. The largest absolute Gasteiger partial charge is 0.338 e. The molecule has 0 aliphatic carbocycles. The minimum Gasteiger partial charge on any atom is -0.338 e. The van der Waals surface area contributed by atoms with Gasteiger partial charge in [0.15, 0.2) is 0 Å². The van der Waals surface area contributed by atoms with Crippen molar-refractivity contribution in [2.75, 3.05) is 26.2 Å². The van der Waals surface area contributed by atoms with Crippen LogP contribution in [0.5, 0.6) is 0 Å². The first-order valence-electron chi connectivity index (χ1n) is 11.7. The lowest BCUT2D eigenvalue weighted by Crippen LogP contribution is -2.57. The van der Waals surface area contributed by atoms with Crippen molar-refractivity contribution in [3.8, 4) is 0 Å². The smallest absolute Gasteiger partial charge is 0.255 e. The molecule has 2 fully saturated rings. The zero-order valence-corrected chi connectivity index (χ0v) is 19.2. The van der Waals surface area contributed by atoms with Crippen LogP contribution < -0.4 is 5.32 Å². The topological polar surface area (TPSA) is 48.5 Å². The minimum atomic E-state index is 0.147. The molecule has 0 atom stereocenters. The van der Waals surface area contributed by atoms with Gasteiger partial charge in [-0.3, -0.25) is 14.7 Å². The van der Waals surface area contributed by atoms with Crippen LogP contribution in [0.1, 0.15) is 59.8 Å². The molecule has 4 rings (SSSR count). The maximum atomic E-state index is 13.1. The van der Waals surface area contributed by atoms with Crippen LogP contribution in [0.4, 0.5) is 0 Å². The summed E-state index contributed by atoms with van der Waals surface area (Å²) in [7, 11) is 0. The Morgan fingerprint density at radius 3 is 2.39 bits per heavy atom. The second-order valence-corrected chi connectivity index (χ2v) is 9.51. The van der Waals surface area contributed by atoms with E-state index >= 15 is 0 Å². The number of aryl methyl sites for hydroxylation is 2. The fourth-order valence-electron chi connectivity index (χ4n) is 5.16. The number of rotatable bonds is 5. The van der Waals surface area contributed by atoms with Gasteiger partial charge in [-0.15, -0.1) is 0 Å². The Balaban J connectivity index is 1.28. The molecule has 1 aromatic heterocycles. The zero-order chi connectivity index (χ0) is 21.8. The molecule has 5 nitrogen and oxygen atoms in total. The van der Waals surface area contributed by atoms with Gasteiger partial charge in [-0.25, -0.2) is 0 Å². The summed E-state index contributed by atoms with van der Waals surface area (Å²) in [6.07, 6.45) is 6.25. The Morgan fingerprint density at radius 2 is 1.74 bits per heavy atom. The van der Waals surface area contributed by atoms with Gasteiger partial charge in [-0.05, 0) is 63.6 Å². The molecule has 2 saturated heterocycles. The van der Waals surface area contributed by atoms with E-state index in [1.165, 1.54) is 18.4 Å². The number of hydrogen-bond acceptors (Lipinski definition) is 4. The average molecular weight is 421 g/mol. The molecule has 1 amide bonds. The Kier molecular flexibility index (Phi) is 6.73. The second kappa shape index (κ2) is 9.49. The maximum absolute atomic E-state index is 13.1. The second-order valence-electron chi connectivity index (χ2n) is 9.51. The molecule has 0 unspecified atom stereocenters. The molecule has 1 aromatic carbocycles. The monoisotopic (exact) mass is 420 g/mol. The van der Waals surface area contributed by atoms with Gasteiger partial charge >= 0.3 is 0 Å². The van der Waals surface area contributed by atoms with Crippen LogP contribution in [0.3, 0.4) is 0 Å². The summed E-state index contributed by atoms with van der Waals surface area (Å²) in [5, 5.41) is 3.74. The summed E-state index contributed by atoms with van der Waals surface area (Å²) in [6, 6.07) is 13.2. The molecular weight excluding hydrogens is 384 g/mol. The molecular formula is C26H36N4O. The van der Waals surface area contributed by atoms with Crippen molar-refractivity contribution in [2.24, 2.45) is 0 Å². The van der Waals surface area contributed by atoms with Crippen LogP contribution in [0.2, 0.25) is 0 Å². The van der Waals surface area contributed by atoms with Gasteiger partial charge < -0.3 is 10.2 Å². The van der Waals surface area contributed by atoms with Crippen LogP contribution in [0, 0.1) is 13.8 Å². The van der Waals surface area contributed by atoms with E-state index in [-0.39, 0.29) is 11.4 Å². The van der Waals surface area contributed by atoms with Gasteiger partial charge in [0, 0.05) is 50.5 Å².